The number of pyridine rings is 1. The van der Waals surface area contributed by atoms with Crippen LogP contribution in [0.25, 0.3) is 11.5 Å². The van der Waals surface area contributed by atoms with Gasteiger partial charge in [0.15, 0.2) is 5.82 Å². The number of nitrogens with two attached hydrogens (primary N) is 1. The van der Waals surface area contributed by atoms with Crippen LogP contribution in [0.5, 0.6) is 0 Å². The standard InChI is InChI=1S/C11H11ClN4/c12-9-1-2-10(14-7-9)11-15-5-8(3-4-13)6-16-11/h1-2,5-7H,3-4,13H2. The van der Waals surface area contributed by atoms with Crippen LogP contribution in [-0.4, -0.2) is 21.5 Å². The lowest BCUT2D eigenvalue weighted by atomic mass is 10.2. The summed E-state index contributed by atoms with van der Waals surface area (Å²) in [6.07, 6.45) is 5.90. The fourth-order valence-corrected chi connectivity index (χ4v) is 1.40. The van der Waals surface area contributed by atoms with Crippen LogP contribution in [0.3, 0.4) is 0 Å². The molecular formula is C11H11ClN4. The lowest BCUT2D eigenvalue weighted by Gasteiger charge is -2.01. The molecule has 82 valence electrons. The van der Waals surface area contributed by atoms with Gasteiger partial charge in [0.05, 0.1) is 5.02 Å². The zero-order valence-corrected chi connectivity index (χ0v) is 9.35. The smallest absolute Gasteiger partial charge is 0.178 e. The van der Waals surface area contributed by atoms with E-state index < -0.39 is 0 Å². The Morgan fingerprint density at radius 3 is 2.38 bits per heavy atom. The Morgan fingerprint density at radius 1 is 1.06 bits per heavy atom. The Hall–Kier alpha value is -1.52. The van der Waals surface area contributed by atoms with Gasteiger partial charge in [-0.1, -0.05) is 11.6 Å². The zero-order valence-electron chi connectivity index (χ0n) is 8.60. The van der Waals surface area contributed by atoms with Crippen molar-refractivity contribution in [3.05, 3.63) is 41.3 Å². The average molecular weight is 235 g/mol. The molecule has 0 unspecified atom stereocenters. The second kappa shape index (κ2) is 5.01. The second-order valence-corrected chi connectivity index (χ2v) is 3.75. The Bertz CT molecular complexity index is 452. The largest absolute Gasteiger partial charge is 0.330 e. The monoisotopic (exact) mass is 234 g/mol. The van der Waals surface area contributed by atoms with E-state index in [1.165, 1.54) is 0 Å². The molecule has 0 saturated heterocycles. The lowest BCUT2D eigenvalue weighted by Crippen LogP contribution is -2.03. The third-order valence-corrected chi connectivity index (χ3v) is 2.32. The van der Waals surface area contributed by atoms with Crippen molar-refractivity contribution >= 4 is 11.6 Å². The third-order valence-electron chi connectivity index (χ3n) is 2.09. The van der Waals surface area contributed by atoms with Gasteiger partial charge in [0.1, 0.15) is 5.69 Å². The molecule has 0 bridgehead atoms. The average Bonchev–Trinajstić information content (AvgIpc) is 2.32. The number of aromatic nitrogens is 3. The first-order valence-electron chi connectivity index (χ1n) is 4.92. The molecule has 2 rings (SSSR count). The summed E-state index contributed by atoms with van der Waals surface area (Å²) in [5, 5.41) is 0.600. The quantitative estimate of drug-likeness (QED) is 0.878. The maximum Gasteiger partial charge on any atom is 0.178 e. The first kappa shape index (κ1) is 11.0. The van der Waals surface area contributed by atoms with Gasteiger partial charge in [-0.15, -0.1) is 0 Å². The Balaban J connectivity index is 2.24. The van der Waals surface area contributed by atoms with E-state index in [4.69, 9.17) is 17.3 Å². The van der Waals surface area contributed by atoms with Crippen molar-refractivity contribution in [3.63, 3.8) is 0 Å². The molecule has 0 saturated carbocycles. The van der Waals surface area contributed by atoms with E-state index in [0.717, 1.165) is 12.0 Å². The molecule has 0 aromatic carbocycles. The van der Waals surface area contributed by atoms with E-state index in [0.29, 0.717) is 23.1 Å². The molecule has 0 aliphatic heterocycles. The fourth-order valence-electron chi connectivity index (χ4n) is 1.29. The van der Waals surface area contributed by atoms with Crippen molar-refractivity contribution in [3.8, 4) is 11.5 Å². The molecule has 0 fully saturated rings. The van der Waals surface area contributed by atoms with Gasteiger partial charge in [0.25, 0.3) is 0 Å². The van der Waals surface area contributed by atoms with E-state index in [9.17, 15) is 0 Å². The highest BCUT2D eigenvalue weighted by molar-refractivity contribution is 6.30. The van der Waals surface area contributed by atoms with Crippen molar-refractivity contribution in [1.29, 1.82) is 0 Å². The van der Waals surface area contributed by atoms with Crippen molar-refractivity contribution in [2.45, 2.75) is 6.42 Å². The number of hydrogen-bond donors (Lipinski definition) is 1. The highest BCUT2D eigenvalue weighted by atomic mass is 35.5. The van der Waals surface area contributed by atoms with Crippen LogP contribution >= 0.6 is 11.6 Å². The summed E-state index contributed by atoms with van der Waals surface area (Å²) in [6, 6.07) is 3.56. The molecule has 2 aromatic rings. The minimum absolute atomic E-state index is 0.595. The van der Waals surface area contributed by atoms with Gasteiger partial charge in [-0.25, -0.2) is 9.97 Å². The Morgan fingerprint density at radius 2 is 1.81 bits per heavy atom. The zero-order chi connectivity index (χ0) is 11.4. The van der Waals surface area contributed by atoms with Crippen LogP contribution in [0.1, 0.15) is 5.56 Å². The molecule has 2 aromatic heterocycles. The third kappa shape index (κ3) is 2.53. The normalized spacial score (nSPS) is 10.4. The highest BCUT2D eigenvalue weighted by Gasteiger charge is 2.02. The van der Waals surface area contributed by atoms with Gasteiger partial charge in [0, 0.05) is 18.6 Å². The maximum absolute atomic E-state index is 5.75. The molecule has 4 nitrogen and oxygen atoms in total. The van der Waals surface area contributed by atoms with E-state index in [2.05, 4.69) is 15.0 Å². The van der Waals surface area contributed by atoms with Gasteiger partial charge in [-0.3, -0.25) is 4.98 Å². The van der Waals surface area contributed by atoms with Crippen LogP contribution in [0.15, 0.2) is 30.7 Å². The molecule has 0 radical (unpaired) electrons. The topological polar surface area (TPSA) is 64.7 Å². The van der Waals surface area contributed by atoms with Crippen molar-refractivity contribution < 1.29 is 0 Å². The maximum atomic E-state index is 5.75. The van der Waals surface area contributed by atoms with E-state index in [1.54, 1.807) is 30.7 Å². The molecule has 0 amide bonds. The summed E-state index contributed by atoms with van der Waals surface area (Å²) in [5.41, 5.74) is 7.18. The fraction of sp³-hybridized carbons (Fsp3) is 0.182. The van der Waals surface area contributed by atoms with E-state index >= 15 is 0 Å². The predicted molar refractivity (Wildman–Crippen MR) is 63.0 cm³/mol. The van der Waals surface area contributed by atoms with E-state index in [-0.39, 0.29) is 0 Å². The minimum Gasteiger partial charge on any atom is -0.330 e. The number of nitrogens with zero attached hydrogens (tertiary/aromatic N) is 3. The van der Waals surface area contributed by atoms with Gasteiger partial charge in [-0.05, 0) is 30.7 Å². The molecule has 2 heterocycles. The summed E-state index contributed by atoms with van der Waals surface area (Å²) in [7, 11) is 0. The molecular weight excluding hydrogens is 224 g/mol. The van der Waals surface area contributed by atoms with Crippen molar-refractivity contribution in [1.82, 2.24) is 15.0 Å². The summed E-state index contributed by atoms with van der Waals surface area (Å²) >= 11 is 5.75. The van der Waals surface area contributed by atoms with Crippen LogP contribution in [0.2, 0.25) is 5.02 Å². The van der Waals surface area contributed by atoms with Crippen LogP contribution in [0.4, 0.5) is 0 Å². The van der Waals surface area contributed by atoms with Gasteiger partial charge >= 0.3 is 0 Å². The van der Waals surface area contributed by atoms with Crippen molar-refractivity contribution in [2.75, 3.05) is 6.54 Å². The van der Waals surface area contributed by atoms with Crippen LogP contribution in [0, 0.1) is 0 Å². The van der Waals surface area contributed by atoms with Crippen molar-refractivity contribution in [2.24, 2.45) is 5.73 Å². The summed E-state index contributed by atoms with van der Waals surface area (Å²) in [5.74, 6) is 0.595. The SMILES string of the molecule is NCCc1cnc(-c2ccc(Cl)cn2)nc1. The first-order valence-corrected chi connectivity index (χ1v) is 5.30. The molecule has 2 N–H and O–H groups in total. The molecule has 0 aliphatic rings. The number of hydrogen-bond acceptors (Lipinski definition) is 4. The molecule has 0 aliphatic carbocycles. The molecule has 0 atom stereocenters. The second-order valence-electron chi connectivity index (χ2n) is 3.32. The minimum atomic E-state index is 0.595. The molecule has 5 heteroatoms. The van der Waals surface area contributed by atoms with Gasteiger partial charge in [-0.2, -0.15) is 0 Å². The molecule has 0 spiro atoms. The van der Waals surface area contributed by atoms with Gasteiger partial charge < -0.3 is 5.73 Å². The van der Waals surface area contributed by atoms with Crippen LogP contribution < -0.4 is 5.73 Å². The summed E-state index contributed by atoms with van der Waals surface area (Å²) in [4.78, 5) is 12.6. The van der Waals surface area contributed by atoms with Gasteiger partial charge in [0.2, 0.25) is 0 Å². The highest BCUT2D eigenvalue weighted by Crippen LogP contribution is 2.14. The van der Waals surface area contributed by atoms with E-state index in [1.807, 2.05) is 0 Å². The molecule has 16 heavy (non-hydrogen) atoms. The summed E-state index contributed by atoms with van der Waals surface area (Å²) in [6.45, 7) is 0.599. The lowest BCUT2D eigenvalue weighted by molar-refractivity contribution is 0.941. The summed E-state index contributed by atoms with van der Waals surface area (Å²) < 4.78 is 0. The predicted octanol–water partition coefficient (Wildman–Crippen LogP) is 1.69. The Kier molecular flexibility index (Phi) is 3.44. The number of rotatable bonds is 3. The van der Waals surface area contributed by atoms with Crippen LogP contribution in [-0.2, 0) is 6.42 Å². The first-order chi connectivity index (χ1) is 7.79. The Labute approximate surface area is 98.5 Å². The number of halogens is 1.